The largest absolute Gasteiger partial charge is 0.504 e. The maximum Gasteiger partial charge on any atom is 0.183 e. The number of phenolic OH excluding ortho intramolecular Hbond substituents is 1. The minimum atomic E-state index is -0.713. The van der Waals surface area contributed by atoms with Crippen LogP contribution in [-0.2, 0) is 0 Å². The second-order valence-corrected chi connectivity index (χ2v) is 3.50. The van der Waals surface area contributed by atoms with Crippen LogP contribution in [0.15, 0.2) is 17.5 Å². The van der Waals surface area contributed by atoms with Crippen molar-refractivity contribution in [1.82, 2.24) is 0 Å². The Balaban J connectivity index is 2.91. The maximum atomic E-state index is 13.3. The molecular weight excluding hydrogens is 191 g/mol. The minimum absolute atomic E-state index is 0.0107. The van der Waals surface area contributed by atoms with Crippen LogP contribution in [0.3, 0.4) is 0 Å². The lowest BCUT2D eigenvalue weighted by atomic mass is 10.1. The zero-order valence-electron chi connectivity index (χ0n) is 6.45. The van der Waals surface area contributed by atoms with E-state index >= 15 is 0 Å². The summed E-state index contributed by atoms with van der Waals surface area (Å²) < 4.78 is 13.7. The summed E-state index contributed by atoms with van der Waals surface area (Å²) in [6.07, 6.45) is 0.440. The molecule has 2 aromatic rings. The molecule has 1 aromatic carbocycles. The van der Waals surface area contributed by atoms with Crippen LogP contribution in [0.25, 0.3) is 10.1 Å². The van der Waals surface area contributed by atoms with Crippen LogP contribution in [0.4, 0.5) is 4.39 Å². The topological polar surface area (TPSA) is 37.3 Å². The molecule has 0 aliphatic rings. The Hall–Kier alpha value is -1.42. The van der Waals surface area contributed by atoms with Gasteiger partial charge in [-0.2, -0.15) is 0 Å². The Morgan fingerprint density at radius 2 is 2.31 bits per heavy atom. The van der Waals surface area contributed by atoms with Crippen molar-refractivity contribution in [3.8, 4) is 5.75 Å². The Kier molecular flexibility index (Phi) is 1.77. The van der Waals surface area contributed by atoms with E-state index in [1.807, 2.05) is 0 Å². The van der Waals surface area contributed by atoms with E-state index in [4.69, 9.17) is 0 Å². The predicted molar refractivity (Wildman–Crippen MR) is 48.8 cm³/mol. The van der Waals surface area contributed by atoms with Crippen molar-refractivity contribution in [2.45, 2.75) is 0 Å². The molecule has 1 aromatic heterocycles. The van der Waals surface area contributed by atoms with Crippen molar-refractivity contribution in [1.29, 1.82) is 0 Å². The molecule has 0 aliphatic heterocycles. The van der Waals surface area contributed by atoms with Crippen LogP contribution in [0.5, 0.6) is 5.75 Å². The van der Waals surface area contributed by atoms with E-state index in [1.165, 1.54) is 17.4 Å². The van der Waals surface area contributed by atoms with E-state index in [-0.39, 0.29) is 5.56 Å². The molecule has 0 amide bonds. The third kappa shape index (κ3) is 1.10. The van der Waals surface area contributed by atoms with Gasteiger partial charge in [-0.25, -0.2) is 4.39 Å². The van der Waals surface area contributed by atoms with Crippen molar-refractivity contribution in [3.05, 3.63) is 28.9 Å². The molecule has 66 valence electrons. The second kappa shape index (κ2) is 2.81. The van der Waals surface area contributed by atoms with Crippen LogP contribution in [0.2, 0.25) is 0 Å². The van der Waals surface area contributed by atoms with Crippen molar-refractivity contribution >= 4 is 27.7 Å². The van der Waals surface area contributed by atoms with Crippen molar-refractivity contribution in [3.63, 3.8) is 0 Å². The highest BCUT2D eigenvalue weighted by molar-refractivity contribution is 7.17. The number of carbonyl (C=O) groups excluding carboxylic acids is 1. The molecule has 4 heteroatoms. The number of rotatable bonds is 1. The molecule has 0 fully saturated rings. The smallest absolute Gasteiger partial charge is 0.183 e. The molecule has 0 spiro atoms. The van der Waals surface area contributed by atoms with Crippen molar-refractivity contribution in [2.24, 2.45) is 0 Å². The highest BCUT2D eigenvalue weighted by Gasteiger charge is 2.12. The standard InChI is InChI=1S/C9H5FO2S/c10-7-8(12)6(4-11)3-5-1-2-13-9(5)7/h1-4,12H. The Morgan fingerprint density at radius 3 is 3.00 bits per heavy atom. The molecule has 0 bridgehead atoms. The SMILES string of the molecule is O=Cc1cc2ccsc2c(F)c1O. The number of benzene rings is 1. The number of phenols is 1. The third-order valence-corrected chi connectivity index (χ3v) is 2.74. The Morgan fingerprint density at radius 1 is 1.54 bits per heavy atom. The number of fused-ring (bicyclic) bond motifs is 1. The monoisotopic (exact) mass is 196 g/mol. The Bertz CT molecular complexity index is 476. The van der Waals surface area contributed by atoms with Gasteiger partial charge < -0.3 is 5.11 Å². The molecule has 2 nitrogen and oxygen atoms in total. The number of carbonyl (C=O) groups is 1. The van der Waals surface area contributed by atoms with Crippen LogP contribution < -0.4 is 0 Å². The van der Waals surface area contributed by atoms with Gasteiger partial charge in [0.05, 0.1) is 10.3 Å². The molecule has 0 saturated carbocycles. The molecule has 0 unspecified atom stereocenters. The first-order valence-electron chi connectivity index (χ1n) is 3.58. The van der Waals surface area contributed by atoms with E-state index in [0.717, 1.165) is 0 Å². The third-order valence-electron chi connectivity index (χ3n) is 1.81. The van der Waals surface area contributed by atoms with Gasteiger partial charge in [-0.1, -0.05) is 0 Å². The van der Waals surface area contributed by atoms with Gasteiger partial charge in [0.15, 0.2) is 17.9 Å². The summed E-state index contributed by atoms with van der Waals surface area (Å²) in [4.78, 5) is 10.4. The lowest BCUT2D eigenvalue weighted by Gasteiger charge is -1.99. The molecule has 0 saturated heterocycles. The number of thiophene rings is 1. The lowest BCUT2D eigenvalue weighted by Crippen LogP contribution is -1.85. The summed E-state index contributed by atoms with van der Waals surface area (Å²) in [7, 11) is 0. The average molecular weight is 196 g/mol. The summed E-state index contributed by atoms with van der Waals surface area (Å²) >= 11 is 1.20. The number of aromatic hydroxyl groups is 1. The van der Waals surface area contributed by atoms with Gasteiger partial charge in [0.1, 0.15) is 0 Å². The summed E-state index contributed by atoms with van der Waals surface area (Å²) in [5, 5.41) is 11.6. The molecule has 13 heavy (non-hydrogen) atoms. The molecule has 2 rings (SSSR count). The van der Waals surface area contributed by atoms with Crippen molar-refractivity contribution < 1.29 is 14.3 Å². The first-order valence-corrected chi connectivity index (χ1v) is 4.46. The zero-order chi connectivity index (χ0) is 9.42. The summed E-state index contributed by atoms with van der Waals surface area (Å²) in [6.45, 7) is 0. The maximum absolute atomic E-state index is 13.3. The van der Waals surface area contributed by atoms with E-state index < -0.39 is 11.6 Å². The van der Waals surface area contributed by atoms with Crippen LogP contribution in [0, 0.1) is 5.82 Å². The predicted octanol–water partition coefficient (Wildman–Crippen LogP) is 2.56. The van der Waals surface area contributed by atoms with Gasteiger partial charge in [0.25, 0.3) is 0 Å². The summed E-state index contributed by atoms with van der Waals surface area (Å²) in [5.74, 6) is -1.28. The summed E-state index contributed by atoms with van der Waals surface area (Å²) in [6, 6.07) is 3.17. The first-order chi connectivity index (χ1) is 6.24. The van der Waals surface area contributed by atoms with Gasteiger partial charge >= 0.3 is 0 Å². The molecule has 0 aliphatic carbocycles. The number of hydrogen-bond donors (Lipinski definition) is 1. The second-order valence-electron chi connectivity index (χ2n) is 2.59. The van der Waals surface area contributed by atoms with E-state index in [2.05, 4.69) is 0 Å². The number of aldehydes is 1. The molecule has 1 heterocycles. The zero-order valence-corrected chi connectivity index (χ0v) is 7.27. The van der Waals surface area contributed by atoms with Gasteiger partial charge in [0.2, 0.25) is 0 Å². The minimum Gasteiger partial charge on any atom is -0.504 e. The first kappa shape index (κ1) is 8.19. The average Bonchev–Trinajstić information content (AvgIpc) is 2.59. The van der Waals surface area contributed by atoms with E-state index in [0.29, 0.717) is 16.4 Å². The fraction of sp³-hybridized carbons (Fsp3) is 0. The number of halogens is 1. The lowest BCUT2D eigenvalue weighted by molar-refractivity contribution is 0.112. The van der Waals surface area contributed by atoms with Gasteiger partial charge in [0, 0.05) is 0 Å². The Labute approximate surface area is 77.2 Å². The van der Waals surface area contributed by atoms with Crippen LogP contribution in [0.1, 0.15) is 10.4 Å². The fourth-order valence-electron chi connectivity index (χ4n) is 1.17. The highest BCUT2D eigenvalue weighted by atomic mass is 32.1. The number of hydrogen-bond acceptors (Lipinski definition) is 3. The van der Waals surface area contributed by atoms with Crippen LogP contribution >= 0.6 is 11.3 Å². The molecule has 0 radical (unpaired) electrons. The quantitative estimate of drug-likeness (QED) is 0.711. The molecule has 0 atom stereocenters. The highest BCUT2D eigenvalue weighted by Crippen LogP contribution is 2.32. The fourth-order valence-corrected chi connectivity index (χ4v) is 1.99. The van der Waals surface area contributed by atoms with Gasteiger partial charge in [-0.05, 0) is 22.9 Å². The van der Waals surface area contributed by atoms with Crippen molar-refractivity contribution in [2.75, 3.05) is 0 Å². The molecular formula is C9H5FO2S. The summed E-state index contributed by atoms with van der Waals surface area (Å²) in [5.41, 5.74) is -0.0107. The normalized spacial score (nSPS) is 10.5. The molecule has 1 N–H and O–H groups in total. The van der Waals surface area contributed by atoms with Gasteiger partial charge in [-0.3, -0.25) is 4.79 Å². The van der Waals surface area contributed by atoms with Gasteiger partial charge in [-0.15, -0.1) is 11.3 Å². The van der Waals surface area contributed by atoms with E-state index in [9.17, 15) is 14.3 Å². The van der Waals surface area contributed by atoms with E-state index in [1.54, 1.807) is 11.4 Å². The van der Waals surface area contributed by atoms with Crippen LogP contribution in [-0.4, -0.2) is 11.4 Å².